The molecule has 15 heavy (non-hydrogen) atoms. The van der Waals surface area contributed by atoms with Crippen molar-refractivity contribution >= 4 is 0 Å². The summed E-state index contributed by atoms with van der Waals surface area (Å²) in [5.41, 5.74) is 0. The minimum Gasteiger partial charge on any atom is -0.393 e. The number of ether oxygens (including phenoxy) is 1. The molecule has 1 N–H and O–H groups in total. The highest BCUT2D eigenvalue weighted by Crippen LogP contribution is 2.32. The van der Waals surface area contributed by atoms with Gasteiger partial charge in [0.1, 0.15) is 0 Å². The van der Waals surface area contributed by atoms with Gasteiger partial charge in [-0.25, -0.2) is 0 Å². The molecule has 2 fully saturated rings. The second-order valence-corrected chi connectivity index (χ2v) is 5.19. The second-order valence-electron chi connectivity index (χ2n) is 5.19. The van der Waals surface area contributed by atoms with E-state index in [-0.39, 0.29) is 6.10 Å². The molecule has 1 heterocycles. The van der Waals surface area contributed by atoms with Gasteiger partial charge in [0.15, 0.2) is 0 Å². The Bertz CT molecular complexity index is 167. The third-order valence-corrected chi connectivity index (χ3v) is 4.13. The first kappa shape index (κ1) is 11.4. The molecule has 0 aromatic carbocycles. The highest BCUT2D eigenvalue weighted by atomic mass is 16.5. The minimum absolute atomic E-state index is 0.0491. The van der Waals surface area contributed by atoms with E-state index in [1.165, 1.54) is 38.5 Å². The van der Waals surface area contributed by atoms with Crippen LogP contribution in [0.5, 0.6) is 0 Å². The van der Waals surface area contributed by atoms with Gasteiger partial charge in [-0.3, -0.25) is 0 Å². The highest BCUT2D eigenvalue weighted by molar-refractivity contribution is 4.79. The Morgan fingerprint density at radius 1 is 0.800 bits per heavy atom. The molecule has 0 amide bonds. The van der Waals surface area contributed by atoms with Crippen molar-refractivity contribution in [1.29, 1.82) is 0 Å². The van der Waals surface area contributed by atoms with Crippen LogP contribution >= 0.6 is 0 Å². The van der Waals surface area contributed by atoms with Crippen LogP contribution in [0.1, 0.15) is 51.4 Å². The Morgan fingerprint density at radius 2 is 1.33 bits per heavy atom. The van der Waals surface area contributed by atoms with Crippen molar-refractivity contribution in [3.63, 3.8) is 0 Å². The number of aliphatic hydroxyl groups excluding tert-OH is 1. The largest absolute Gasteiger partial charge is 0.393 e. The van der Waals surface area contributed by atoms with Crippen LogP contribution in [-0.2, 0) is 4.74 Å². The van der Waals surface area contributed by atoms with E-state index in [2.05, 4.69) is 0 Å². The molecule has 2 rings (SSSR count). The van der Waals surface area contributed by atoms with Gasteiger partial charge in [0.2, 0.25) is 0 Å². The van der Waals surface area contributed by atoms with Crippen molar-refractivity contribution in [3.05, 3.63) is 0 Å². The van der Waals surface area contributed by atoms with Gasteiger partial charge in [0.05, 0.1) is 6.10 Å². The zero-order valence-corrected chi connectivity index (χ0v) is 9.66. The number of aliphatic hydroxyl groups is 1. The maximum Gasteiger partial charge on any atom is 0.0598 e. The molecule has 0 bridgehead atoms. The van der Waals surface area contributed by atoms with E-state index in [0.29, 0.717) is 11.8 Å². The Balaban J connectivity index is 1.83. The van der Waals surface area contributed by atoms with Crippen LogP contribution in [0.15, 0.2) is 0 Å². The molecule has 2 nitrogen and oxygen atoms in total. The lowest BCUT2D eigenvalue weighted by Crippen LogP contribution is -2.33. The summed E-state index contributed by atoms with van der Waals surface area (Å²) in [5, 5.41) is 10.4. The summed E-state index contributed by atoms with van der Waals surface area (Å²) in [5.74, 6) is 1.09. The van der Waals surface area contributed by atoms with Crippen molar-refractivity contribution in [3.8, 4) is 0 Å². The molecule has 1 unspecified atom stereocenters. The lowest BCUT2D eigenvalue weighted by Gasteiger charge is -2.31. The molecule has 0 aromatic rings. The summed E-state index contributed by atoms with van der Waals surface area (Å²) in [4.78, 5) is 0. The molecule has 0 aromatic heterocycles. The maximum atomic E-state index is 10.4. The molecule has 2 aliphatic rings. The molecular formula is C13H24O2. The number of hydrogen-bond donors (Lipinski definition) is 1. The van der Waals surface area contributed by atoms with Gasteiger partial charge in [-0.2, -0.15) is 0 Å². The average Bonchev–Trinajstić information content (AvgIpc) is 2.58. The predicted octanol–water partition coefficient (Wildman–Crippen LogP) is 2.74. The lowest BCUT2D eigenvalue weighted by atomic mass is 9.82. The fraction of sp³-hybridized carbons (Fsp3) is 1.00. The third-order valence-electron chi connectivity index (χ3n) is 4.13. The van der Waals surface area contributed by atoms with E-state index < -0.39 is 0 Å². The molecule has 1 aliphatic heterocycles. The van der Waals surface area contributed by atoms with Gasteiger partial charge in [0.25, 0.3) is 0 Å². The van der Waals surface area contributed by atoms with Crippen LogP contribution in [0.25, 0.3) is 0 Å². The second kappa shape index (κ2) is 5.86. The fourth-order valence-electron chi connectivity index (χ4n) is 3.09. The summed E-state index contributed by atoms with van der Waals surface area (Å²) in [7, 11) is 0. The molecule has 1 atom stereocenters. The molecule has 0 spiro atoms. The zero-order chi connectivity index (χ0) is 10.5. The smallest absolute Gasteiger partial charge is 0.0598 e. The van der Waals surface area contributed by atoms with Crippen LogP contribution in [0, 0.1) is 11.8 Å². The quantitative estimate of drug-likeness (QED) is 0.713. The van der Waals surface area contributed by atoms with E-state index in [0.717, 1.165) is 26.1 Å². The maximum absolute atomic E-state index is 10.4. The van der Waals surface area contributed by atoms with Crippen LogP contribution in [0.2, 0.25) is 0 Å². The zero-order valence-electron chi connectivity index (χ0n) is 9.66. The number of rotatable bonds is 2. The first-order chi connectivity index (χ1) is 7.38. The monoisotopic (exact) mass is 212 g/mol. The van der Waals surface area contributed by atoms with Gasteiger partial charge in [-0.1, -0.05) is 25.7 Å². The fourth-order valence-corrected chi connectivity index (χ4v) is 3.09. The SMILES string of the molecule is OC(C1CCCCCC1)C1CCOCC1. The number of hydrogen-bond acceptors (Lipinski definition) is 2. The Hall–Kier alpha value is -0.0800. The first-order valence-corrected chi connectivity index (χ1v) is 6.64. The van der Waals surface area contributed by atoms with Gasteiger partial charge in [-0.15, -0.1) is 0 Å². The van der Waals surface area contributed by atoms with Crippen molar-refractivity contribution in [2.45, 2.75) is 57.5 Å². The Labute approximate surface area is 93.0 Å². The Morgan fingerprint density at radius 3 is 1.93 bits per heavy atom. The molecule has 1 saturated heterocycles. The molecule has 1 saturated carbocycles. The molecular weight excluding hydrogens is 188 g/mol. The summed E-state index contributed by atoms with van der Waals surface area (Å²) in [6.07, 6.45) is 9.98. The van der Waals surface area contributed by atoms with Crippen molar-refractivity contribution in [2.24, 2.45) is 11.8 Å². The topological polar surface area (TPSA) is 29.5 Å². The lowest BCUT2D eigenvalue weighted by molar-refractivity contribution is -0.0205. The van der Waals surface area contributed by atoms with Crippen molar-refractivity contribution in [2.75, 3.05) is 13.2 Å². The van der Waals surface area contributed by atoms with Gasteiger partial charge < -0.3 is 9.84 Å². The van der Waals surface area contributed by atoms with E-state index >= 15 is 0 Å². The van der Waals surface area contributed by atoms with Crippen LogP contribution < -0.4 is 0 Å². The van der Waals surface area contributed by atoms with Crippen molar-refractivity contribution < 1.29 is 9.84 Å². The van der Waals surface area contributed by atoms with Gasteiger partial charge >= 0.3 is 0 Å². The normalized spacial score (nSPS) is 28.6. The summed E-state index contributed by atoms with van der Waals surface area (Å²) >= 11 is 0. The molecule has 88 valence electrons. The molecule has 0 radical (unpaired) electrons. The summed E-state index contributed by atoms with van der Waals surface area (Å²) < 4.78 is 5.35. The van der Waals surface area contributed by atoms with E-state index in [1.54, 1.807) is 0 Å². The highest BCUT2D eigenvalue weighted by Gasteiger charge is 2.29. The van der Waals surface area contributed by atoms with Crippen molar-refractivity contribution in [1.82, 2.24) is 0 Å². The van der Waals surface area contributed by atoms with Crippen LogP contribution in [0.4, 0.5) is 0 Å². The first-order valence-electron chi connectivity index (χ1n) is 6.64. The van der Waals surface area contributed by atoms with Crippen LogP contribution in [-0.4, -0.2) is 24.4 Å². The third kappa shape index (κ3) is 3.18. The predicted molar refractivity (Wildman–Crippen MR) is 60.7 cm³/mol. The van der Waals surface area contributed by atoms with E-state index in [1.807, 2.05) is 0 Å². The van der Waals surface area contributed by atoms with E-state index in [9.17, 15) is 5.11 Å². The summed E-state index contributed by atoms with van der Waals surface area (Å²) in [6.45, 7) is 1.71. The standard InChI is InChI=1S/C13H24O2/c14-13(12-7-9-15-10-8-12)11-5-3-1-2-4-6-11/h11-14H,1-10H2. The summed E-state index contributed by atoms with van der Waals surface area (Å²) in [6, 6.07) is 0. The Kier molecular flexibility index (Phi) is 4.45. The van der Waals surface area contributed by atoms with E-state index in [4.69, 9.17) is 4.74 Å². The average molecular weight is 212 g/mol. The molecule has 1 aliphatic carbocycles. The van der Waals surface area contributed by atoms with Crippen LogP contribution in [0.3, 0.4) is 0 Å². The minimum atomic E-state index is -0.0491. The van der Waals surface area contributed by atoms with Gasteiger partial charge in [-0.05, 0) is 37.5 Å². The molecule has 2 heteroatoms. The van der Waals surface area contributed by atoms with Gasteiger partial charge in [0, 0.05) is 13.2 Å².